The molecule has 6 nitrogen and oxygen atoms in total. The Morgan fingerprint density at radius 1 is 1.26 bits per heavy atom. The lowest BCUT2D eigenvalue weighted by molar-refractivity contribution is -0.117. The van der Waals surface area contributed by atoms with Crippen LogP contribution in [0.15, 0.2) is 18.2 Å². The molecule has 1 atom stereocenters. The number of aromatic amines is 1. The molecule has 0 unspecified atom stereocenters. The number of aryl methyl sites for hydroxylation is 2. The molecule has 0 saturated carbocycles. The third kappa shape index (κ3) is 3.17. The zero-order valence-electron chi connectivity index (χ0n) is 15.8. The molecule has 4 N–H and O–H groups in total. The highest BCUT2D eigenvalue weighted by molar-refractivity contribution is 6.35. The fraction of sp³-hybridized carbons (Fsp3) is 0.333. The van der Waals surface area contributed by atoms with Gasteiger partial charge in [0.1, 0.15) is 0 Å². The third-order valence-corrected chi connectivity index (χ3v) is 5.35. The van der Waals surface area contributed by atoms with E-state index < -0.39 is 0 Å². The quantitative estimate of drug-likeness (QED) is 0.631. The topological polar surface area (TPSA) is 86.0 Å². The molecule has 0 bridgehead atoms. The highest BCUT2D eigenvalue weighted by Gasteiger charge is 2.26. The first-order valence-corrected chi connectivity index (χ1v) is 9.31. The summed E-state index contributed by atoms with van der Waals surface area (Å²) in [4.78, 5) is 28.2. The zero-order chi connectivity index (χ0) is 19.1. The first-order chi connectivity index (χ1) is 12.9. The molecule has 2 aliphatic rings. The first-order valence-electron chi connectivity index (χ1n) is 9.31. The van der Waals surface area contributed by atoms with Crippen molar-refractivity contribution in [1.29, 1.82) is 0 Å². The van der Waals surface area contributed by atoms with Crippen LogP contribution in [0, 0.1) is 20.8 Å². The van der Waals surface area contributed by atoms with Gasteiger partial charge in [-0.3, -0.25) is 9.59 Å². The second-order valence-corrected chi connectivity index (χ2v) is 7.36. The molecule has 1 fully saturated rings. The molecule has 0 radical (unpaired) electrons. The van der Waals surface area contributed by atoms with Gasteiger partial charge >= 0.3 is 0 Å². The number of hydrogen-bond donors (Lipinski definition) is 4. The Bertz CT molecular complexity index is 965. The molecular weight excluding hydrogens is 340 g/mol. The summed E-state index contributed by atoms with van der Waals surface area (Å²) in [6.45, 7) is 6.78. The standard InChI is InChI=1S/C21H24N4O2/c1-11-6-7-16-14(9-11)15(20(26)24-16)10-18-12(2)19(13(3)23-18)25-21(27)17-5-4-8-22-17/h6-7,9-10,17,22-23H,4-5,8H2,1-3H3,(H,24,26)(H,25,27)/b15-10-/t17-/m1/s1. The van der Waals surface area contributed by atoms with Gasteiger partial charge in [-0.2, -0.15) is 0 Å². The van der Waals surface area contributed by atoms with Crippen molar-refractivity contribution in [2.24, 2.45) is 0 Å². The van der Waals surface area contributed by atoms with Crippen molar-refractivity contribution in [3.05, 3.63) is 46.3 Å². The molecule has 2 amide bonds. The summed E-state index contributed by atoms with van der Waals surface area (Å²) in [6, 6.07) is 5.79. The predicted molar refractivity (Wildman–Crippen MR) is 108 cm³/mol. The smallest absolute Gasteiger partial charge is 0.256 e. The molecule has 1 saturated heterocycles. The first kappa shape index (κ1) is 17.5. The Kier molecular flexibility index (Phi) is 4.36. The Balaban J connectivity index is 1.66. The number of carbonyl (C=O) groups excluding carboxylic acids is 2. The Morgan fingerprint density at radius 2 is 2.07 bits per heavy atom. The van der Waals surface area contributed by atoms with E-state index in [9.17, 15) is 9.59 Å². The zero-order valence-corrected chi connectivity index (χ0v) is 15.8. The number of aromatic nitrogens is 1. The number of benzene rings is 1. The maximum atomic E-state index is 12.5. The highest BCUT2D eigenvalue weighted by Crippen LogP contribution is 2.35. The number of amides is 2. The van der Waals surface area contributed by atoms with E-state index in [1.54, 1.807) is 0 Å². The van der Waals surface area contributed by atoms with Gasteiger partial charge in [-0.05, 0) is 63.9 Å². The van der Waals surface area contributed by atoms with Crippen molar-refractivity contribution < 1.29 is 9.59 Å². The molecule has 4 rings (SSSR count). The van der Waals surface area contributed by atoms with Crippen LogP contribution in [-0.2, 0) is 9.59 Å². The summed E-state index contributed by atoms with van der Waals surface area (Å²) in [5, 5.41) is 9.16. The number of H-pyrrole nitrogens is 1. The van der Waals surface area contributed by atoms with Crippen LogP contribution in [0.5, 0.6) is 0 Å². The van der Waals surface area contributed by atoms with E-state index in [1.807, 2.05) is 45.0 Å². The van der Waals surface area contributed by atoms with E-state index in [2.05, 4.69) is 20.9 Å². The highest BCUT2D eigenvalue weighted by atomic mass is 16.2. The molecule has 2 aromatic rings. The van der Waals surface area contributed by atoms with Crippen molar-refractivity contribution in [2.45, 2.75) is 39.7 Å². The number of anilines is 2. The molecule has 6 heteroatoms. The number of fused-ring (bicyclic) bond motifs is 1. The van der Waals surface area contributed by atoms with Crippen LogP contribution in [0.25, 0.3) is 11.6 Å². The van der Waals surface area contributed by atoms with Crippen LogP contribution >= 0.6 is 0 Å². The average Bonchev–Trinajstić information content (AvgIpc) is 3.32. The average molecular weight is 364 g/mol. The van der Waals surface area contributed by atoms with E-state index in [0.717, 1.165) is 58.8 Å². The molecule has 1 aromatic carbocycles. The van der Waals surface area contributed by atoms with E-state index in [-0.39, 0.29) is 17.9 Å². The van der Waals surface area contributed by atoms with Crippen LogP contribution in [0.4, 0.5) is 11.4 Å². The fourth-order valence-electron chi connectivity index (χ4n) is 3.81. The Morgan fingerprint density at radius 3 is 2.81 bits per heavy atom. The van der Waals surface area contributed by atoms with Crippen LogP contribution in [-0.4, -0.2) is 29.4 Å². The minimum atomic E-state index is -0.129. The van der Waals surface area contributed by atoms with Gasteiger partial charge in [0.2, 0.25) is 5.91 Å². The molecule has 27 heavy (non-hydrogen) atoms. The fourth-order valence-corrected chi connectivity index (χ4v) is 3.81. The monoisotopic (exact) mass is 364 g/mol. The van der Waals surface area contributed by atoms with Gasteiger partial charge in [0.15, 0.2) is 0 Å². The summed E-state index contributed by atoms with van der Waals surface area (Å²) in [5.41, 5.74) is 6.92. The third-order valence-electron chi connectivity index (χ3n) is 5.35. The molecular formula is C21H24N4O2. The second kappa shape index (κ2) is 6.70. The molecule has 1 aromatic heterocycles. The Hall–Kier alpha value is -2.86. The van der Waals surface area contributed by atoms with E-state index >= 15 is 0 Å². The van der Waals surface area contributed by atoms with Gasteiger partial charge in [-0.25, -0.2) is 0 Å². The number of rotatable bonds is 3. The van der Waals surface area contributed by atoms with E-state index in [0.29, 0.717) is 5.57 Å². The Labute approximate surface area is 158 Å². The van der Waals surface area contributed by atoms with Gasteiger partial charge in [0.05, 0.1) is 17.3 Å². The van der Waals surface area contributed by atoms with Gasteiger partial charge in [0.25, 0.3) is 5.91 Å². The van der Waals surface area contributed by atoms with Gasteiger partial charge in [-0.15, -0.1) is 0 Å². The molecule has 3 heterocycles. The molecule has 2 aliphatic heterocycles. The minimum Gasteiger partial charge on any atom is -0.357 e. The SMILES string of the molecule is Cc1ccc2c(c1)/C(=C/c1[nH]c(C)c(NC(=O)[C@H]3CCCN3)c1C)C(=O)N2. The number of hydrogen-bond acceptors (Lipinski definition) is 3. The lowest BCUT2D eigenvalue weighted by atomic mass is 10.0. The summed E-state index contributed by atoms with van der Waals surface area (Å²) in [6.07, 6.45) is 3.75. The summed E-state index contributed by atoms with van der Waals surface area (Å²) >= 11 is 0. The molecule has 0 aliphatic carbocycles. The van der Waals surface area contributed by atoms with Gasteiger partial charge in [0, 0.05) is 22.6 Å². The van der Waals surface area contributed by atoms with Crippen LogP contribution in [0.2, 0.25) is 0 Å². The van der Waals surface area contributed by atoms with Crippen LogP contribution in [0.3, 0.4) is 0 Å². The molecule has 0 spiro atoms. The van der Waals surface area contributed by atoms with Crippen molar-refractivity contribution in [3.63, 3.8) is 0 Å². The van der Waals surface area contributed by atoms with Crippen molar-refractivity contribution in [1.82, 2.24) is 10.3 Å². The summed E-state index contributed by atoms with van der Waals surface area (Å²) in [5.74, 6) is -0.112. The summed E-state index contributed by atoms with van der Waals surface area (Å²) < 4.78 is 0. The van der Waals surface area contributed by atoms with E-state index in [4.69, 9.17) is 0 Å². The lowest BCUT2D eigenvalue weighted by Crippen LogP contribution is -2.35. The van der Waals surface area contributed by atoms with Gasteiger partial charge in [-0.1, -0.05) is 11.6 Å². The second-order valence-electron chi connectivity index (χ2n) is 7.36. The van der Waals surface area contributed by atoms with Gasteiger partial charge < -0.3 is 20.9 Å². The van der Waals surface area contributed by atoms with E-state index in [1.165, 1.54) is 0 Å². The molecule has 140 valence electrons. The minimum absolute atomic E-state index is 0.00326. The van der Waals surface area contributed by atoms with Crippen LogP contribution in [0.1, 0.15) is 40.9 Å². The largest absolute Gasteiger partial charge is 0.357 e. The maximum Gasteiger partial charge on any atom is 0.256 e. The van der Waals surface area contributed by atoms with Crippen molar-refractivity contribution in [3.8, 4) is 0 Å². The maximum absolute atomic E-state index is 12.5. The normalized spacial score (nSPS) is 20.0. The van der Waals surface area contributed by atoms with Crippen LogP contribution < -0.4 is 16.0 Å². The van der Waals surface area contributed by atoms with Crippen molar-refractivity contribution >= 4 is 34.8 Å². The number of nitrogens with one attached hydrogen (secondary N) is 4. The predicted octanol–water partition coefficient (Wildman–Crippen LogP) is 3.12. The number of carbonyl (C=O) groups is 2. The summed E-state index contributed by atoms with van der Waals surface area (Å²) in [7, 11) is 0. The van der Waals surface area contributed by atoms with Crippen molar-refractivity contribution in [2.75, 3.05) is 17.2 Å². The lowest BCUT2D eigenvalue weighted by Gasteiger charge is -2.11.